The first-order chi connectivity index (χ1) is 7.67. The molecule has 1 unspecified atom stereocenters. The summed E-state index contributed by atoms with van der Waals surface area (Å²) in [7, 11) is 0. The van der Waals surface area contributed by atoms with Crippen LogP contribution < -0.4 is 5.32 Å². The number of hydrogen-bond donors (Lipinski definition) is 1. The Balaban J connectivity index is 2.39. The molecular weight excluding hydrogens is 216 g/mol. The van der Waals surface area contributed by atoms with E-state index in [4.69, 9.17) is 0 Å². The minimum Gasteiger partial charge on any atom is -0.308 e. The molecule has 0 amide bonds. The van der Waals surface area contributed by atoms with Gasteiger partial charge in [0.15, 0.2) is 0 Å². The topological polar surface area (TPSA) is 24.9 Å². The van der Waals surface area contributed by atoms with Crippen molar-refractivity contribution in [2.75, 3.05) is 0 Å². The van der Waals surface area contributed by atoms with Gasteiger partial charge in [0.25, 0.3) is 0 Å². The van der Waals surface area contributed by atoms with Crippen molar-refractivity contribution in [2.45, 2.75) is 66.0 Å². The predicted octanol–water partition coefficient (Wildman–Crippen LogP) is 3.82. The highest BCUT2D eigenvalue weighted by atomic mass is 32.1. The zero-order valence-corrected chi connectivity index (χ0v) is 11.8. The highest BCUT2D eigenvalue weighted by Gasteiger charge is 2.08. The molecule has 0 fully saturated rings. The van der Waals surface area contributed by atoms with E-state index in [9.17, 15) is 0 Å². The van der Waals surface area contributed by atoms with Crippen molar-refractivity contribution >= 4 is 11.3 Å². The second-order valence-corrected chi connectivity index (χ2v) is 5.77. The molecule has 1 aromatic rings. The molecule has 1 aromatic heterocycles. The van der Waals surface area contributed by atoms with E-state index in [0.717, 1.165) is 6.54 Å². The zero-order chi connectivity index (χ0) is 12.0. The summed E-state index contributed by atoms with van der Waals surface area (Å²) in [5.41, 5.74) is 1.23. The van der Waals surface area contributed by atoms with Gasteiger partial charge in [-0.05, 0) is 26.7 Å². The normalized spacial score (nSPS) is 13.0. The number of thiazole rings is 1. The molecule has 92 valence electrons. The third-order valence-corrected chi connectivity index (χ3v) is 3.89. The maximum atomic E-state index is 4.55. The van der Waals surface area contributed by atoms with Gasteiger partial charge >= 0.3 is 0 Å². The minimum absolute atomic E-state index is 0.654. The van der Waals surface area contributed by atoms with Gasteiger partial charge in [-0.25, -0.2) is 4.98 Å². The molecule has 0 aliphatic heterocycles. The maximum absolute atomic E-state index is 4.55. The Morgan fingerprint density at radius 1 is 1.31 bits per heavy atom. The number of hydrogen-bond acceptors (Lipinski definition) is 3. The zero-order valence-electron chi connectivity index (χ0n) is 11.0. The van der Waals surface area contributed by atoms with E-state index in [1.807, 2.05) is 0 Å². The van der Waals surface area contributed by atoms with Crippen molar-refractivity contribution in [3.63, 3.8) is 0 Å². The van der Waals surface area contributed by atoms with Crippen molar-refractivity contribution < 1.29 is 0 Å². The lowest BCUT2D eigenvalue weighted by atomic mass is 10.1. The van der Waals surface area contributed by atoms with Crippen LogP contribution >= 0.6 is 11.3 Å². The van der Waals surface area contributed by atoms with Crippen LogP contribution in [-0.4, -0.2) is 11.0 Å². The maximum Gasteiger partial charge on any atom is 0.0900 e. The third kappa shape index (κ3) is 4.22. The molecule has 2 nitrogen and oxygen atoms in total. The monoisotopic (exact) mass is 240 g/mol. The minimum atomic E-state index is 0.654. The van der Waals surface area contributed by atoms with Crippen molar-refractivity contribution in [3.05, 3.63) is 15.6 Å². The molecule has 0 saturated heterocycles. The van der Waals surface area contributed by atoms with Crippen LogP contribution in [0.3, 0.4) is 0 Å². The summed E-state index contributed by atoms with van der Waals surface area (Å²) in [5, 5.41) is 4.80. The fourth-order valence-electron chi connectivity index (χ4n) is 1.88. The van der Waals surface area contributed by atoms with Crippen LogP contribution in [0.15, 0.2) is 0 Å². The van der Waals surface area contributed by atoms with Gasteiger partial charge in [0.2, 0.25) is 0 Å². The second kappa shape index (κ2) is 7.02. The van der Waals surface area contributed by atoms with E-state index in [-0.39, 0.29) is 0 Å². The molecule has 0 saturated carbocycles. The second-order valence-electron chi connectivity index (χ2n) is 4.36. The van der Waals surface area contributed by atoms with E-state index >= 15 is 0 Å². The fraction of sp³-hybridized carbons (Fsp3) is 0.769. The highest BCUT2D eigenvalue weighted by Crippen LogP contribution is 2.16. The van der Waals surface area contributed by atoms with E-state index < -0.39 is 0 Å². The SMILES string of the molecule is CCCCC(CC)NCc1nc(C)sc1C. The lowest BCUT2D eigenvalue weighted by molar-refractivity contribution is 0.449. The smallest absolute Gasteiger partial charge is 0.0900 e. The van der Waals surface area contributed by atoms with Gasteiger partial charge in [0.1, 0.15) is 0 Å². The van der Waals surface area contributed by atoms with Crippen LogP contribution in [0, 0.1) is 13.8 Å². The highest BCUT2D eigenvalue weighted by molar-refractivity contribution is 7.11. The largest absolute Gasteiger partial charge is 0.308 e. The molecule has 0 aliphatic rings. The molecule has 16 heavy (non-hydrogen) atoms. The molecule has 0 aliphatic carbocycles. The molecule has 1 rings (SSSR count). The average Bonchev–Trinajstić information content (AvgIpc) is 2.58. The number of aromatic nitrogens is 1. The number of nitrogens with one attached hydrogen (secondary N) is 1. The van der Waals surface area contributed by atoms with E-state index in [0.29, 0.717) is 6.04 Å². The van der Waals surface area contributed by atoms with Crippen LogP contribution in [-0.2, 0) is 6.54 Å². The molecule has 0 aromatic carbocycles. The Hall–Kier alpha value is -0.410. The number of rotatable bonds is 7. The molecule has 0 spiro atoms. The standard InChI is InChI=1S/C13H24N2S/c1-5-7-8-12(6-2)14-9-13-10(3)16-11(4)15-13/h12,14H,5-9H2,1-4H3. The summed E-state index contributed by atoms with van der Waals surface area (Å²) in [4.78, 5) is 5.91. The van der Waals surface area contributed by atoms with Gasteiger partial charge in [0, 0.05) is 17.5 Å². The molecular formula is C13H24N2S. The van der Waals surface area contributed by atoms with Gasteiger partial charge in [-0.15, -0.1) is 11.3 Å². The summed E-state index contributed by atoms with van der Waals surface area (Å²) < 4.78 is 0. The van der Waals surface area contributed by atoms with Gasteiger partial charge in [-0.1, -0.05) is 26.7 Å². The lowest BCUT2D eigenvalue weighted by Gasteiger charge is -2.15. The lowest BCUT2D eigenvalue weighted by Crippen LogP contribution is -2.28. The van der Waals surface area contributed by atoms with Crippen molar-refractivity contribution in [1.82, 2.24) is 10.3 Å². The van der Waals surface area contributed by atoms with Crippen LogP contribution in [0.4, 0.5) is 0 Å². The number of aryl methyl sites for hydroxylation is 2. The van der Waals surface area contributed by atoms with Crippen LogP contribution in [0.5, 0.6) is 0 Å². The van der Waals surface area contributed by atoms with Crippen LogP contribution in [0.2, 0.25) is 0 Å². The predicted molar refractivity (Wildman–Crippen MR) is 72.0 cm³/mol. The van der Waals surface area contributed by atoms with Crippen molar-refractivity contribution in [3.8, 4) is 0 Å². The first-order valence-electron chi connectivity index (χ1n) is 6.33. The molecule has 0 radical (unpaired) electrons. The summed E-state index contributed by atoms with van der Waals surface area (Å²) in [6.07, 6.45) is 5.10. The van der Waals surface area contributed by atoms with E-state index in [1.54, 1.807) is 11.3 Å². The Labute approximate surface area is 103 Å². The number of nitrogens with zero attached hydrogens (tertiary/aromatic N) is 1. The summed E-state index contributed by atoms with van der Waals surface area (Å²) in [5.74, 6) is 0. The van der Waals surface area contributed by atoms with Gasteiger partial charge in [-0.2, -0.15) is 0 Å². The molecule has 1 atom stereocenters. The summed E-state index contributed by atoms with van der Waals surface area (Å²) >= 11 is 1.80. The third-order valence-electron chi connectivity index (χ3n) is 2.96. The van der Waals surface area contributed by atoms with Crippen molar-refractivity contribution in [2.24, 2.45) is 0 Å². The van der Waals surface area contributed by atoms with Gasteiger partial charge in [-0.3, -0.25) is 0 Å². The molecule has 3 heteroatoms. The quantitative estimate of drug-likeness (QED) is 0.783. The van der Waals surface area contributed by atoms with Gasteiger partial charge < -0.3 is 5.32 Å². The summed E-state index contributed by atoms with van der Waals surface area (Å²) in [6, 6.07) is 0.654. The average molecular weight is 240 g/mol. The molecule has 0 bridgehead atoms. The summed E-state index contributed by atoms with van der Waals surface area (Å²) in [6.45, 7) is 9.68. The first-order valence-corrected chi connectivity index (χ1v) is 7.15. The Morgan fingerprint density at radius 3 is 2.56 bits per heavy atom. The fourth-order valence-corrected chi connectivity index (χ4v) is 2.71. The Kier molecular flexibility index (Phi) is 5.99. The van der Waals surface area contributed by atoms with Gasteiger partial charge in [0.05, 0.1) is 10.7 Å². The number of unbranched alkanes of at least 4 members (excludes halogenated alkanes) is 1. The Morgan fingerprint density at radius 2 is 2.06 bits per heavy atom. The van der Waals surface area contributed by atoms with Crippen LogP contribution in [0.25, 0.3) is 0 Å². The van der Waals surface area contributed by atoms with Crippen LogP contribution in [0.1, 0.15) is 55.1 Å². The van der Waals surface area contributed by atoms with E-state index in [1.165, 1.54) is 41.3 Å². The Bertz CT molecular complexity index is 307. The van der Waals surface area contributed by atoms with E-state index in [2.05, 4.69) is 38.0 Å². The molecule has 1 heterocycles. The molecule has 1 N–H and O–H groups in total. The first kappa shape index (κ1) is 13.7. The van der Waals surface area contributed by atoms with Crippen molar-refractivity contribution in [1.29, 1.82) is 0 Å².